The first-order chi connectivity index (χ1) is 9.34. The lowest BCUT2D eigenvalue weighted by Gasteiger charge is -2.32. The molecule has 0 bridgehead atoms. The SMILES string of the molecule is Cc1ccc(S(=O)(=O)N2CCNC[C@H]2C)cc1C(N)=O.Cl. The number of rotatable bonds is 3. The zero-order valence-electron chi connectivity index (χ0n) is 12.0. The summed E-state index contributed by atoms with van der Waals surface area (Å²) in [5, 5.41) is 3.15. The molecule has 1 heterocycles. The number of halogens is 1. The Morgan fingerprint density at radius 1 is 1.43 bits per heavy atom. The number of amides is 1. The molecule has 0 aliphatic carbocycles. The van der Waals surface area contributed by atoms with Gasteiger partial charge >= 0.3 is 0 Å². The Morgan fingerprint density at radius 2 is 2.10 bits per heavy atom. The third kappa shape index (κ3) is 3.55. The lowest BCUT2D eigenvalue weighted by Crippen LogP contribution is -2.52. The number of piperazine rings is 1. The molecule has 21 heavy (non-hydrogen) atoms. The molecule has 1 aliphatic rings. The molecule has 1 amide bonds. The summed E-state index contributed by atoms with van der Waals surface area (Å²) in [7, 11) is -3.60. The van der Waals surface area contributed by atoms with Gasteiger partial charge in [-0.2, -0.15) is 4.31 Å². The van der Waals surface area contributed by atoms with Crippen LogP contribution in [0.25, 0.3) is 0 Å². The first kappa shape index (κ1) is 17.9. The van der Waals surface area contributed by atoms with Crippen molar-refractivity contribution in [3.63, 3.8) is 0 Å². The van der Waals surface area contributed by atoms with E-state index >= 15 is 0 Å². The fourth-order valence-corrected chi connectivity index (χ4v) is 4.00. The van der Waals surface area contributed by atoms with Crippen molar-refractivity contribution >= 4 is 28.3 Å². The van der Waals surface area contributed by atoms with E-state index in [0.29, 0.717) is 25.2 Å². The fourth-order valence-electron chi connectivity index (χ4n) is 2.34. The van der Waals surface area contributed by atoms with Crippen LogP contribution in [0.5, 0.6) is 0 Å². The molecule has 118 valence electrons. The second-order valence-corrected chi connectivity index (χ2v) is 6.90. The predicted molar refractivity (Wildman–Crippen MR) is 83.2 cm³/mol. The summed E-state index contributed by atoms with van der Waals surface area (Å²) in [6, 6.07) is 4.38. The van der Waals surface area contributed by atoms with E-state index in [0.717, 1.165) is 0 Å². The number of nitrogens with one attached hydrogen (secondary N) is 1. The molecular weight excluding hydrogens is 314 g/mol. The highest BCUT2D eigenvalue weighted by Crippen LogP contribution is 2.21. The second kappa shape index (κ2) is 6.74. The number of nitrogens with zero attached hydrogens (tertiary/aromatic N) is 1. The van der Waals surface area contributed by atoms with Gasteiger partial charge in [0.2, 0.25) is 15.9 Å². The highest BCUT2D eigenvalue weighted by atomic mass is 35.5. The number of hydrogen-bond donors (Lipinski definition) is 2. The van der Waals surface area contributed by atoms with Crippen LogP contribution in [0, 0.1) is 6.92 Å². The van der Waals surface area contributed by atoms with Gasteiger partial charge in [0.15, 0.2) is 0 Å². The maximum absolute atomic E-state index is 12.6. The van der Waals surface area contributed by atoms with Gasteiger partial charge in [0, 0.05) is 31.2 Å². The van der Waals surface area contributed by atoms with Crippen LogP contribution in [0.15, 0.2) is 23.1 Å². The van der Waals surface area contributed by atoms with Crippen LogP contribution in [0.2, 0.25) is 0 Å². The fraction of sp³-hybridized carbons (Fsp3) is 0.462. The van der Waals surface area contributed by atoms with Crippen molar-refractivity contribution in [1.29, 1.82) is 0 Å². The van der Waals surface area contributed by atoms with Crippen LogP contribution in [-0.2, 0) is 10.0 Å². The Kier molecular flexibility index (Phi) is 5.75. The number of primary amides is 1. The Balaban J connectivity index is 0.00000220. The predicted octanol–water partition coefficient (Wildman–Crippen LogP) is 0.498. The number of hydrogen-bond acceptors (Lipinski definition) is 4. The quantitative estimate of drug-likeness (QED) is 0.842. The number of nitrogens with two attached hydrogens (primary N) is 1. The van der Waals surface area contributed by atoms with Crippen LogP contribution in [0.1, 0.15) is 22.8 Å². The van der Waals surface area contributed by atoms with Gasteiger partial charge in [0.05, 0.1) is 4.90 Å². The molecule has 6 nitrogen and oxygen atoms in total. The smallest absolute Gasteiger partial charge is 0.249 e. The van der Waals surface area contributed by atoms with E-state index < -0.39 is 15.9 Å². The Morgan fingerprint density at radius 3 is 2.67 bits per heavy atom. The van der Waals surface area contributed by atoms with Crippen molar-refractivity contribution in [2.75, 3.05) is 19.6 Å². The number of sulfonamides is 1. The zero-order chi connectivity index (χ0) is 14.9. The normalized spacial score (nSPS) is 19.8. The van der Waals surface area contributed by atoms with Crippen molar-refractivity contribution in [1.82, 2.24) is 9.62 Å². The Bertz CT molecular complexity index is 634. The van der Waals surface area contributed by atoms with Crippen LogP contribution < -0.4 is 11.1 Å². The van der Waals surface area contributed by atoms with Crippen molar-refractivity contribution < 1.29 is 13.2 Å². The molecule has 0 unspecified atom stereocenters. The summed E-state index contributed by atoms with van der Waals surface area (Å²) in [5.74, 6) is -0.618. The number of carbonyl (C=O) groups excluding carboxylic acids is 1. The molecule has 1 fully saturated rings. The molecule has 1 saturated heterocycles. The van der Waals surface area contributed by atoms with Crippen LogP contribution >= 0.6 is 12.4 Å². The van der Waals surface area contributed by atoms with Gasteiger partial charge < -0.3 is 11.1 Å². The van der Waals surface area contributed by atoms with Gasteiger partial charge in [0.1, 0.15) is 0 Å². The van der Waals surface area contributed by atoms with E-state index in [2.05, 4.69) is 5.32 Å². The van der Waals surface area contributed by atoms with Gasteiger partial charge in [0.25, 0.3) is 0 Å². The number of carbonyl (C=O) groups is 1. The summed E-state index contributed by atoms with van der Waals surface area (Å²) in [6.45, 7) is 5.24. The van der Waals surface area contributed by atoms with Crippen molar-refractivity contribution in [3.05, 3.63) is 29.3 Å². The third-order valence-electron chi connectivity index (χ3n) is 3.52. The average Bonchev–Trinajstić information content (AvgIpc) is 2.38. The number of aryl methyl sites for hydroxylation is 1. The maximum Gasteiger partial charge on any atom is 0.249 e. The van der Waals surface area contributed by atoms with Gasteiger partial charge in [-0.1, -0.05) is 6.07 Å². The molecule has 0 saturated carbocycles. The highest BCUT2D eigenvalue weighted by Gasteiger charge is 2.31. The average molecular weight is 334 g/mol. The molecule has 0 aromatic heterocycles. The van der Waals surface area contributed by atoms with Crippen molar-refractivity contribution in [2.24, 2.45) is 5.73 Å². The summed E-state index contributed by atoms with van der Waals surface area (Å²) in [5.41, 5.74) is 6.19. The minimum absolute atomic E-state index is 0. The standard InChI is InChI=1S/C13H19N3O3S.ClH/c1-9-3-4-11(7-12(9)13(14)17)20(18,19)16-6-5-15-8-10(16)2;/h3-4,7,10,15H,5-6,8H2,1-2H3,(H2,14,17);1H/t10-;/m1./s1. The molecule has 8 heteroatoms. The number of benzene rings is 1. The Labute approximate surface area is 131 Å². The summed E-state index contributed by atoms with van der Waals surface area (Å²) in [4.78, 5) is 11.5. The zero-order valence-corrected chi connectivity index (χ0v) is 13.6. The highest BCUT2D eigenvalue weighted by molar-refractivity contribution is 7.89. The monoisotopic (exact) mass is 333 g/mol. The van der Waals surface area contributed by atoms with Crippen LogP contribution in [0.3, 0.4) is 0 Å². The van der Waals surface area contributed by atoms with E-state index in [1.165, 1.54) is 16.4 Å². The van der Waals surface area contributed by atoms with Crippen molar-refractivity contribution in [2.45, 2.75) is 24.8 Å². The molecule has 0 spiro atoms. The molecule has 2 rings (SSSR count). The molecule has 3 N–H and O–H groups in total. The van der Waals surface area contributed by atoms with Gasteiger partial charge in [-0.15, -0.1) is 12.4 Å². The maximum atomic E-state index is 12.6. The molecule has 1 atom stereocenters. The van der Waals surface area contributed by atoms with Crippen LogP contribution in [0.4, 0.5) is 0 Å². The lowest BCUT2D eigenvalue weighted by atomic mass is 10.1. The van der Waals surface area contributed by atoms with E-state index in [-0.39, 0.29) is 28.9 Å². The molecule has 0 radical (unpaired) electrons. The summed E-state index contributed by atoms with van der Waals surface area (Å²) >= 11 is 0. The van der Waals surface area contributed by atoms with Crippen LogP contribution in [-0.4, -0.2) is 44.3 Å². The lowest BCUT2D eigenvalue weighted by molar-refractivity contribution is 0.0999. The van der Waals surface area contributed by atoms with Gasteiger partial charge in [-0.25, -0.2) is 8.42 Å². The second-order valence-electron chi connectivity index (χ2n) is 5.01. The van der Waals surface area contributed by atoms with E-state index in [1.807, 2.05) is 6.92 Å². The molecular formula is C13H20ClN3O3S. The van der Waals surface area contributed by atoms with E-state index in [9.17, 15) is 13.2 Å². The molecule has 1 aromatic carbocycles. The molecule has 1 aliphatic heterocycles. The minimum atomic E-state index is -3.60. The van der Waals surface area contributed by atoms with Crippen molar-refractivity contribution in [3.8, 4) is 0 Å². The van der Waals surface area contributed by atoms with Gasteiger partial charge in [-0.05, 0) is 31.5 Å². The summed E-state index contributed by atoms with van der Waals surface area (Å²) < 4.78 is 26.7. The first-order valence-corrected chi connectivity index (χ1v) is 7.91. The third-order valence-corrected chi connectivity index (χ3v) is 5.53. The van der Waals surface area contributed by atoms with E-state index in [1.54, 1.807) is 13.0 Å². The van der Waals surface area contributed by atoms with Gasteiger partial charge in [-0.3, -0.25) is 4.79 Å². The Hall–Kier alpha value is -1.15. The topological polar surface area (TPSA) is 92.5 Å². The minimum Gasteiger partial charge on any atom is -0.366 e. The van der Waals surface area contributed by atoms with E-state index in [4.69, 9.17) is 5.73 Å². The molecule has 1 aromatic rings. The largest absolute Gasteiger partial charge is 0.366 e. The first-order valence-electron chi connectivity index (χ1n) is 6.47. The summed E-state index contributed by atoms with van der Waals surface area (Å²) in [6.07, 6.45) is 0.